The number of benzene rings is 1. The highest BCUT2D eigenvalue weighted by atomic mass is 32.1. The van der Waals surface area contributed by atoms with Crippen LogP contribution in [0.15, 0.2) is 36.5 Å². The number of aryl methyl sites for hydroxylation is 1. The highest BCUT2D eigenvalue weighted by molar-refractivity contribution is 7.13. The maximum atomic E-state index is 14.8. The molecule has 51 heavy (non-hydrogen) atoms. The molecule has 2 fully saturated rings. The molecule has 2 heterocycles. The standard InChI is InChI=1S/C39H58N4O7S/c1-28-40-24-32(51-28)36(46)42-30(25-48-3)34(44)41-31(26-49-4)35(45)43-33(23-29-19-15-14-16-20-29)39(37(47)38(2)27-50-38)21-17-12-10-8-6-5-7-9-11-13-18-22-39/h14-16,19-20,24,30-31,33H,5-13,17-18,21-23,25-27H2,1-4H3,(H,41,44)(H,42,46)(H,43,45)/t30-,31-,33-,38+/m0/s1. The molecule has 0 bridgehead atoms. The lowest BCUT2D eigenvalue weighted by Crippen LogP contribution is -2.61. The fourth-order valence-corrected chi connectivity index (χ4v) is 7.95. The minimum absolute atomic E-state index is 0.0526. The van der Waals surface area contributed by atoms with Crippen LogP contribution in [-0.4, -0.2) is 86.3 Å². The minimum Gasteiger partial charge on any atom is -0.382 e. The first kappa shape index (κ1) is 40.6. The third kappa shape index (κ3) is 11.9. The molecule has 282 valence electrons. The second kappa shape index (κ2) is 20.2. The second-order valence-electron chi connectivity index (χ2n) is 14.4. The summed E-state index contributed by atoms with van der Waals surface area (Å²) >= 11 is 1.22. The molecule has 2 aliphatic rings. The van der Waals surface area contributed by atoms with E-state index in [0.29, 0.717) is 30.7 Å². The van der Waals surface area contributed by atoms with Gasteiger partial charge >= 0.3 is 0 Å². The number of ketones is 1. The van der Waals surface area contributed by atoms with Gasteiger partial charge in [-0.3, -0.25) is 19.2 Å². The number of carbonyl (C=O) groups is 4. The van der Waals surface area contributed by atoms with Crippen molar-refractivity contribution in [2.75, 3.05) is 34.0 Å². The fraction of sp³-hybridized carbons (Fsp3) is 0.667. The SMILES string of the molecule is COC[C@H](NC(=O)c1cnc(C)s1)C(=O)N[C@@H](COC)C(=O)N[C@@H](Cc1ccccc1)C1(C(=O)[C@@]2(C)CO2)CCCCCCCCCCCCC1. The van der Waals surface area contributed by atoms with Crippen LogP contribution in [0, 0.1) is 12.3 Å². The number of amides is 3. The van der Waals surface area contributed by atoms with Crippen LogP contribution >= 0.6 is 11.3 Å². The van der Waals surface area contributed by atoms with Crippen LogP contribution in [0.4, 0.5) is 0 Å². The molecule has 12 heteroatoms. The highest BCUT2D eigenvalue weighted by Gasteiger charge is 2.58. The van der Waals surface area contributed by atoms with Crippen LogP contribution in [-0.2, 0) is 35.0 Å². The lowest BCUT2D eigenvalue weighted by atomic mass is 9.64. The van der Waals surface area contributed by atoms with E-state index in [2.05, 4.69) is 20.9 Å². The van der Waals surface area contributed by atoms with Crippen LogP contribution in [0.3, 0.4) is 0 Å². The van der Waals surface area contributed by atoms with Gasteiger partial charge in [0.05, 0.1) is 36.4 Å². The Kier molecular flexibility index (Phi) is 16.0. The Morgan fingerprint density at radius 2 is 1.31 bits per heavy atom. The molecule has 0 spiro atoms. The fourth-order valence-electron chi connectivity index (χ4n) is 7.27. The summed E-state index contributed by atoms with van der Waals surface area (Å²) in [6.45, 7) is 3.81. The number of aromatic nitrogens is 1. The number of carbonyl (C=O) groups excluding carboxylic acids is 4. The van der Waals surface area contributed by atoms with Crippen LogP contribution in [0.5, 0.6) is 0 Å². The molecule has 11 nitrogen and oxygen atoms in total. The van der Waals surface area contributed by atoms with Gasteiger partial charge in [-0.05, 0) is 38.7 Å². The monoisotopic (exact) mass is 726 g/mol. The van der Waals surface area contributed by atoms with Crippen molar-refractivity contribution in [1.82, 2.24) is 20.9 Å². The Morgan fingerprint density at radius 3 is 1.80 bits per heavy atom. The molecule has 1 aliphatic heterocycles. The van der Waals surface area contributed by atoms with E-state index in [1.807, 2.05) is 37.3 Å². The topological polar surface area (TPSA) is 148 Å². The Bertz CT molecular complexity index is 1400. The van der Waals surface area contributed by atoms with Gasteiger partial charge in [0.1, 0.15) is 22.6 Å². The van der Waals surface area contributed by atoms with E-state index in [4.69, 9.17) is 14.2 Å². The number of Topliss-reactive ketones (excluding diaryl/α,β-unsaturated/α-hetero) is 1. The van der Waals surface area contributed by atoms with E-state index in [9.17, 15) is 19.2 Å². The van der Waals surface area contributed by atoms with Crippen molar-refractivity contribution in [2.24, 2.45) is 5.41 Å². The average Bonchev–Trinajstić information content (AvgIpc) is 3.72. The van der Waals surface area contributed by atoms with Crippen molar-refractivity contribution in [3.63, 3.8) is 0 Å². The Morgan fingerprint density at radius 1 is 0.804 bits per heavy atom. The summed E-state index contributed by atoms with van der Waals surface area (Å²) in [5, 5.41) is 9.52. The number of thiazole rings is 1. The molecule has 1 saturated carbocycles. The van der Waals surface area contributed by atoms with Crippen LogP contribution < -0.4 is 16.0 Å². The molecule has 1 aromatic carbocycles. The van der Waals surface area contributed by atoms with Gasteiger partial charge in [-0.2, -0.15) is 0 Å². The third-order valence-corrected chi connectivity index (χ3v) is 11.2. The zero-order valence-corrected chi connectivity index (χ0v) is 31.7. The number of nitrogens with one attached hydrogen (secondary N) is 3. The van der Waals surface area contributed by atoms with Crippen molar-refractivity contribution < 1.29 is 33.4 Å². The molecule has 1 aromatic heterocycles. The molecule has 3 amide bonds. The lowest BCUT2D eigenvalue weighted by Gasteiger charge is -2.42. The molecule has 4 atom stereocenters. The lowest BCUT2D eigenvalue weighted by molar-refractivity contribution is -0.139. The quantitative estimate of drug-likeness (QED) is 0.204. The van der Waals surface area contributed by atoms with Gasteiger partial charge in [-0.15, -0.1) is 11.3 Å². The van der Waals surface area contributed by atoms with Crippen molar-refractivity contribution in [3.05, 3.63) is 52.0 Å². The molecule has 2 aromatic rings. The predicted octanol–water partition coefficient (Wildman–Crippen LogP) is 5.48. The van der Waals surface area contributed by atoms with Gasteiger partial charge in [0, 0.05) is 20.3 Å². The number of epoxide rings is 1. The molecule has 3 N–H and O–H groups in total. The molecular formula is C39H58N4O7S. The molecule has 1 saturated heterocycles. The number of nitrogens with zero attached hydrogens (tertiary/aromatic N) is 1. The van der Waals surface area contributed by atoms with Crippen molar-refractivity contribution in [1.29, 1.82) is 0 Å². The zero-order valence-electron chi connectivity index (χ0n) is 30.9. The van der Waals surface area contributed by atoms with E-state index in [1.165, 1.54) is 63.9 Å². The summed E-state index contributed by atoms with van der Waals surface area (Å²) < 4.78 is 16.5. The van der Waals surface area contributed by atoms with Gasteiger partial charge in [-0.25, -0.2) is 4.98 Å². The molecule has 1 aliphatic carbocycles. The van der Waals surface area contributed by atoms with E-state index in [-0.39, 0.29) is 19.0 Å². The number of ether oxygens (including phenoxy) is 3. The molecule has 0 radical (unpaired) electrons. The van der Waals surface area contributed by atoms with Gasteiger partial charge in [0.2, 0.25) is 11.8 Å². The Labute approximate surface area is 307 Å². The largest absolute Gasteiger partial charge is 0.382 e. The Hall–Kier alpha value is -3.19. The Balaban J connectivity index is 1.63. The highest BCUT2D eigenvalue weighted by Crippen LogP contribution is 2.45. The number of hydrogen-bond donors (Lipinski definition) is 3. The first-order valence-electron chi connectivity index (χ1n) is 18.7. The number of methoxy groups -OCH3 is 2. The average molecular weight is 727 g/mol. The van der Waals surface area contributed by atoms with Gasteiger partial charge in [-0.1, -0.05) is 101 Å². The minimum atomic E-state index is -1.10. The predicted molar refractivity (Wildman–Crippen MR) is 198 cm³/mol. The van der Waals surface area contributed by atoms with E-state index >= 15 is 0 Å². The molecular weight excluding hydrogens is 669 g/mol. The van der Waals surface area contributed by atoms with Gasteiger partial charge in [0.15, 0.2) is 5.78 Å². The molecule has 4 rings (SSSR count). The number of hydrogen-bond acceptors (Lipinski definition) is 9. The summed E-state index contributed by atoms with van der Waals surface area (Å²) in [7, 11) is 2.89. The van der Waals surface area contributed by atoms with Crippen LogP contribution in [0.1, 0.15) is 111 Å². The summed E-state index contributed by atoms with van der Waals surface area (Å²) in [4.78, 5) is 60.2. The third-order valence-electron chi connectivity index (χ3n) is 10.3. The van der Waals surface area contributed by atoms with Gasteiger partial charge in [0.25, 0.3) is 5.91 Å². The summed E-state index contributed by atoms with van der Waals surface area (Å²) in [6, 6.07) is 7.20. The van der Waals surface area contributed by atoms with Gasteiger partial charge < -0.3 is 30.2 Å². The summed E-state index contributed by atoms with van der Waals surface area (Å²) in [5.41, 5.74) is -0.750. The van der Waals surface area contributed by atoms with E-state index in [0.717, 1.165) is 49.1 Å². The normalized spacial score (nSPS) is 21.6. The summed E-state index contributed by atoms with van der Waals surface area (Å²) in [6.07, 6.45) is 15.4. The maximum Gasteiger partial charge on any atom is 0.263 e. The van der Waals surface area contributed by atoms with E-state index < -0.39 is 46.9 Å². The van der Waals surface area contributed by atoms with Crippen molar-refractivity contribution in [2.45, 2.75) is 127 Å². The second-order valence-corrected chi connectivity index (χ2v) is 15.6. The zero-order chi connectivity index (χ0) is 36.7. The molecule has 0 unspecified atom stereocenters. The first-order chi connectivity index (χ1) is 24.6. The van der Waals surface area contributed by atoms with Crippen molar-refractivity contribution in [3.8, 4) is 0 Å². The summed E-state index contributed by atoms with van der Waals surface area (Å²) in [5.74, 6) is -1.46. The number of rotatable bonds is 15. The first-order valence-corrected chi connectivity index (χ1v) is 19.5. The van der Waals surface area contributed by atoms with Crippen LogP contribution in [0.2, 0.25) is 0 Å². The van der Waals surface area contributed by atoms with Crippen molar-refractivity contribution >= 4 is 34.8 Å². The van der Waals surface area contributed by atoms with E-state index in [1.54, 1.807) is 6.92 Å². The van der Waals surface area contributed by atoms with Crippen LogP contribution in [0.25, 0.3) is 0 Å². The maximum absolute atomic E-state index is 14.8. The smallest absolute Gasteiger partial charge is 0.263 e.